The van der Waals surface area contributed by atoms with Gasteiger partial charge < -0.3 is 19.7 Å². The molecule has 0 spiro atoms. The molecule has 118 valence electrons. The minimum atomic E-state index is 0.0635. The Balaban J connectivity index is 2.46. The van der Waals surface area contributed by atoms with Gasteiger partial charge in [0.15, 0.2) is 0 Å². The predicted octanol–water partition coefficient (Wildman–Crippen LogP) is 2.04. The summed E-state index contributed by atoms with van der Waals surface area (Å²) in [6, 6.07) is 5.82. The lowest BCUT2D eigenvalue weighted by Crippen LogP contribution is -2.23. The number of amides is 1. The van der Waals surface area contributed by atoms with Gasteiger partial charge in [-0.1, -0.05) is 15.9 Å². The van der Waals surface area contributed by atoms with Crippen LogP contribution in [0.5, 0.6) is 5.75 Å². The summed E-state index contributed by atoms with van der Waals surface area (Å²) >= 11 is 3.52. The van der Waals surface area contributed by atoms with E-state index < -0.39 is 0 Å². The quantitative estimate of drug-likeness (QED) is 0.686. The van der Waals surface area contributed by atoms with Crippen molar-refractivity contribution in [2.45, 2.75) is 13.0 Å². The minimum Gasteiger partial charge on any atom is -0.493 e. The standard InChI is InChI=1S/C15H23BrN2O3/c1-18(2)15(19)6-8-21-13-4-5-14(16)12(10-13)11-17-7-9-20-3/h4-5,10,17H,6-9,11H2,1-3H3. The molecule has 0 radical (unpaired) electrons. The molecule has 0 bridgehead atoms. The van der Waals surface area contributed by atoms with Crippen LogP contribution in [0.3, 0.4) is 0 Å². The zero-order chi connectivity index (χ0) is 15.7. The van der Waals surface area contributed by atoms with Crippen molar-refractivity contribution >= 4 is 21.8 Å². The maximum Gasteiger partial charge on any atom is 0.225 e. The average Bonchev–Trinajstić information content (AvgIpc) is 2.46. The van der Waals surface area contributed by atoms with E-state index in [1.54, 1.807) is 26.1 Å². The molecule has 0 saturated carbocycles. The first-order valence-electron chi connectivity index (χ1n) is 6.85. The SMILES string of the molecule is COCCNCc1cc(OCCC(=O)N(C)C)ccc1Br. The molecule has 0 saturated heterocycles. The molecule has 1 aromatic rings. The van der Waals surface area contributed by atoms with Crippen LogP contribution in [0, 0.1) is 0 Å². The van der Waals surface area contributed by atoms with E-state index >= 15 is 0 Å². The van der Waals surface area contributed by atoms with E-state index in [0.717, 1.165) is 28.9 Å². The molecule has 5 nitrogen and oxygen atoms in total. The fourth-order valence-electron chi connectivity index (χ4n) is 1.65. The lowest BCUT2D eigenvalue weighted by molar-refractivity contribution is -0.129. The van der Waals surface area contributed by atoms with Gasteiger partial charge in [0.2, 0.25) is 5.91 Å². The fraction of sp³-hybridized carbons (Fsp3) is 0.533. The zero-order valence-electron chi connectivity index (χ0n) is 12.8. The maximum atomic E-state index is 11.5. The smallest absolute Gasteiger partial charge is 0.225 e. The number of ether oxygens (including phenoxy) is 2. The normalized spacial score (nSPS) is 10.5. The zero-order valence-corrected chi connectivity index (χ0v) is 14.4. The van der Waals surface area contributed by atoms with Crippen LogP contribution >= 0.6 is 15.9 Å². The number of halogens is 1. The third-order valence-corrected chi connectivity index (χ3v) is 3.67. The van der Waals surface area contributed by atoms with Crippen molar-refractivity contribution in [2.75, 3.05) is 41.0 Å². The van der Waals surface area contributed by atoms with Crippen LogP contribution < -0.4 is 10.1 Å². The number of benzene rings is 1. The largest absolute Gasteiger partial charge is 0.493 e. The van der Waals surface area contributed by atoms with Gasteiger partial charge >= 0.3 is 0 Å². The number of methoxy groups -OCH3 is 1. The topological polar surface area (TPSA) is 50.8 Å². The highest BCUT2D eigenvalue weighted by Gasteiger charge is 2.06. The molecule has 0 aliphatic carbocycles. The van der Waals surface area contributed by atoms with Crippen LogP contribution in [-0.4, -0.2) is 51.8 Å². The minimum absolute atomic E-state index is 0.0635. The van der Waals surface area contributed by atoms with Crippen LogP contribution in [0.25, 0.3) is 0 Å². The molecule has 1 N–H and O–H groups in total. The molecule has 0 aliphatic rings. The third-order valence-electron chi connectivity index (χ3n) is 2.90. The Hall–Kier alpha value is -1.11. The predicted molar refractivity (Wildman–Crippen MR) is 86.5 cm³/mol. The molecule has 1 amide bonds. The summed E-state index contributed by atoms with van der Waals surface area (Å²) in [6.07, 6.45) is 0.379. The number of rotatable bonds is 9. The first-order valence-corrected chi connectivity index (χ1v) is 7.65. The Morgan fingerprint density at radius 2 is 2.10 bits per heavy atom. The summed E-state index contributed by atoms with van der Waals surface area (Å²) in [6.45, 7) is 2.60. The molecular weight excluding hydrogens is 336 g/mol. The van der Waals surface area contributed by atoms with Crippen molar-refractivity contribution in [3.8, 4) is 5.75 Å². The summed E-state index contributed by atoms with van der Waals surface area (Å²) in [7, 11) is 5.17. The Morgan fingerprint density at radius 3 is 2.76 bits per heavy atom. The lowest BCUT2D eigenvalue weighted by atomic mass is 10.2. The van der Waals surface area contributed by atoms with Gasteiger partial charge in [-0.05, 0) is 23.8 Å². The molecule has 21 heavy (non-hydrogen) atoms. The number of hydrogen-bond acceptors (Lipinski definition) is 4. The summed E-state index contributed by atoms with van der Waals surface area (Å²) in [5.41, 5.74) is 1.11. The average molecular weight is 359 g/mol. The van der Waals surface area contributed by atoms with E-state index in [-0.39, 0.29) is 5.91 Å². The highest BCUT2D eigenvalue weighted by Crippen LogP contribution is 2.22. The van der Waals surface area contributed by atoms with E-state index in [2.05, 4.69) is 21.2 Å². The van der Waals surface area contributed by atoms with Crippen LogP contribution in [0.15, 0.2) is 22.7 Å². The fourth-order valence-corrected chi connectivity index (χ4v) is 2.04. The van der Waals surface area contributed by atoms with Gasteiger partial charge in [0.1, 0.15) is 5.75 Å². The van der Waals surface area contributed by atoms with Crippen molar-refractivity contribution in [3.63, 3.8) is 0 Å². The molecule has 0 atom stereocenters. The highest BCUT2D eigenvalue weighted by atomic mass is 79.9. The van der Waals surface area contributed by atoms with Gasteiger partial charge in [-0.25, -0.2) is 0 Å². The maximum absolute atomic E-state index is 11.5. The molecule has 6 heteroatoms. The second-order valence-corrected chi connectivity index (χ2v) is 5.66. The van der Waals surface area contributed by atoms with Gasteiger partial charge in [0.25, 0.3) is 0 Å². The van der Waals surface area contributed by atoms with E-state index in [1.807, 2.05) is 18.2 Å². The Kier molecular flexibility index (Phi) is 8.34. The number of carbonyl (C=O) groups is 1. The number of hydrogen-bond donors (Lipinski definition) is 1. The third kappa shape index (κ3) is 6.93. The Labute approximate surface area is 134 Å². The number of nitrogens with one attached hydrogen (secondary N) is 1. The van der Waals surface area contributed by atoms with E-state index in [9.17, 15) is 4.79 Å². The molecule has 1 rings (SSSR count). The summed E-state index contributed by atoms with van der Waals surface area (Å²) in [5.74, 6) is 0.835. The number of nitrogens with zero attached hydrogens (tertiary/aromatic N) is 1. The van der Waals surface area contributed by atoms with Crippen LogP contribution in [0.4, 0.5) is 0 Å². The van der Waals surface area contributed by atoms with Crippen LogP contribution in [0.1, 0.15) is 12.0 Å². The van der Waals surface area contributed by atoms with E-state index in [1.165, 1.54) is 0 Å². The van der Waals surface area contributed by atoms with Gasteiger partial charge in [-0.15, -0.1) is 0 Å². The van der Waals surface area contributed by atoms with Gasteiger partial charge in [-0.2, -0.15) is 0 Å². The molecule has 0 aromatic heterocycles. The first-order chi connectivity index (χ1) is 10.0. The Morgan fingerprint density at radius 1 is 1.33 bits per heavy atom. The van der Waals surface area contributed by atoms with Crippen LogP contribution in [0.2, 0.25) is 0 Å². The van der Waals surface area contributed by atoms with Crippen LogP contribution in [-0.2, 0) is 16.1 Å². The highest BCUT2D eigenvalue weighted by molar-refractivity contribution is 9.10. The second kappa shape index (κ2) is 9.76. The monoisotopic (exact) mass is 358 g/mol. The molecule has 0 unspecified atom stereocenters. The van der Waals surface area contributed by atoms with E-state index in [4.69, 9.17) is 9.47 Å². The molecule has 1 aromatic carbocycles. The van der Waals surface area contributed by atoms with Gasteiger partial charge in [0, 0.05) is 38.8 Å². The van der Waals surface area contributed by atoms with Crippen molar-refractivity contribution < 1.29 is 14.3 Å². The lowest BCUT2D eigenvalue weighted by Gasteiger charge is -2.12. The Bertz CT molecular complexity index is 453. The van der Waals surface area contributed by atoms with Gasteiger partial charge in [-0.3, -0.25) is 4.79 Å². The van der Waals surface area contributed by atoms with E-state index in [0.29, 0.717) is 19.6 Å². The van der Waals surface area contributed by atoms with Crippen molar-refractivity contribution in [1.29, 1.82) is 0 Å². The van der Waals surface area contributed by atoms with Crippen molar-refractivity contribution in [3.05, 3.63) is 28.2 Å². The molecule has 0 aliphatic heterocycles. The summed E-state index contributed by atoms with van der Waals surface area (Å²) in [4.78, 5) is 13.0. The second-order valence-electron chi connectivity index (χ2n) is 4.81. The first kappa shape index (κ1) is 17.9. The van der Waals surface area contributed by atoms with Crippen molar-refractivity contribution in [1.82, 2.24) is 10.2 Å². The summed E-state index contributed by atoms with van der Waals surface area (Å²) < 4.78 is 11.7. The summed E-state index contributed by atoms with van der Waals surface area (Å²) in [5, 5.41) is 3.29. The molecule has 0 fully saturated rings. The van der Waals surface area contributed by atoms with Gasteiger partial charge in [0.05, 0.1) is 19.6 Å². The molecular formula is C15H23BrN2O3. The number of carbonyl (C=O) groups excluding carboxylic acids is 1. The molecule has 0 heterocycles. The van der Waals surface area contributed by atoms with Crippen molar-refractivity contribution in [2.24, 2.45) is 0 Å².